The highest BCUT2D eigenvalue weighted by Gasteiger charge is 2.12. The molecule has 1 aliphatic rings. The number of carbonyl (C=O) groups excluding carboxylic acids is 1. The number of ether oxygens (including phenoxy) is 3. The van der Waals surface area contributed by atoms with E-state index in [0.29, 0.717) is 12.8 Å². The highest BCUT2D eigenvalue weighted by molar-refractivity contribution is 5.94. The Kier molecular flexibility index (Phi) is 7.29. The third kappa shape index (κ3) is 5.41. The summed E-state index contributed by atoms with van der Waals surface area (Å²) in [5.74, 6) is 1.49. The van der Waals surface area contributed by atoms with Gasteiger partial charge < -0.3 is 24.1 Å². The number of nitrogens with zero attached hydrogens (tertiary/aromatic N) is 2. The van der Waals surface area contributed by atoms with E-state index in [4.69, 9.17) is 14.2 Å². The summed E-state index contributed by atoms with van der Waals surface area (Å²) in [6, 6.07) is 13.8. The van der Waals surface area contributed by atoms with Crippen LogP contribution in [0.4, 0.5) is 5.69 Å². The monoisotopic (exact) mass is 437 g/mol. The van der Waals surface area contributed by atoms with Crippen molar-refractivity contribution in [1.82, 2.24) is 9.47 Å². The number of carbonyl (C=O) groups is 1. The second-order valence-corrected chi connectivity index (χ2v) is 7.96. The van der Waals surface area contributed by atoms with Gasteiger partial charge in [-0.1, -0.05) is 0 Å². The predicted octanol–water partition coefficient (Wildman–Crippen LogP) is 3.56. The van der Waals surface area contributed by atoms with Gasteiger partial charge in [-0.25, -0.2) is 0 Å². The number of methoxy groups -OCH3 is 2. The summed E-state index contributed by atoms with van der Waals surface area (Å²) >= 11 is 0. The molecule has 1 fully saturated rings. The van der Waals surface area contributed by atoms with Gasteiger partial charge in [0.25, 0.3) is 0 Å². The number of fused-ring (bicyclic) bond motifs is 1. The first-order valence-electron chi connectivity index (χ1n) is 11.1. The molecular weight excluding hydrogens is 406 g/mol. The van der Waals surface area contributed by atoms with E-state index in [-0.39, 0.29) is 5.91 Å². The fraction of sp³-hybridized carbons (Fsp3) is 0.400. The van der Waals surface area contributed by atoms with Gasteiger partial charge in [-0.3, -0.25) is 9.69 Å². The van der Waals surface area contributed by atoms with Crippen molar-refractivity contribution >= 4 is 22.5 Å². The summed E-state index contributed by atoms with van der Waals surface area (Å²) in [7, 11) is 3.26. The average Bonchev–Trinajstić information content (AvgIpc) is 3.24. The van der Waals surface area contributed by atoms with Crippen molar-refractivity contribution in [2.45, 2.75) is 19.4 Å². The Balaban J connectivity index is 1.34. The SMILES string of the molecule is COc1ccc(OC)c(CCC(=O)Nc2ccc3c(ccn3CCN3CCOCC3)c2)c1. The maximum atomic E-state index is 12.6. The molecule has 2 heterocycles. The van der Waals surface area contributed by atoms with Gasteiger partial charge in [0.2, 0.25) is 5.91 Å². The maximum absolute atomic E-state index is 12.6. The Morgan fingerprint density at radius 1 is 1.03 bits per heavy atom. The summed E-state index contributed by atoms with van der Waals surface area (Å²) in [5.41, 5.74) is 2.94. The second-order valence-electron chi connectivity index (χ2n) is 7.96. The number of aromatic nitrogens is 1. The molecule has 0 saturated carbocycles. The Bertz CT molecular complexity index is 1060. The van der Waals surface area contributed by atoms with Crippen LogP contribution in [-0.4, -0.2) is 62.4 Å². The number of hydrogen-bond donors (Lipinski definition) is 1. The average molecular weight is 438 g/mol. The van der Waals surface area contributed by atoms with Crippen molar-refractivity contribution in [3.05, 3.63) is 54.2 Å². The van der Waals surface area contributed by atoms with E-state index in [1.807, 2.05) is 30.3 Å². The number of morpholine rings is 1. The first-order chi connectivity index (χ1) is 15.7. The van der Waals surface area contributed by atoms with E-state index < -0.39 is 0 Å². The third-order valence-electron chi connectivity index (χ3n) is 5.92. The molecule has 1 saturated heterocycles. The minimum atomic E-state index is -0.0269. The number of benzene rings is 2. The molecule has 7 heteroatoms. The summed E-state index contributed by atoms with van der Waals surface area (Å²) < 4.78 is 18.4. The Morgan fingerprint density at radius 2 is 1.88 bits per heavy atom. The number of aryl methyl sites for hydroxylation is 1. The smallest absolute Gasteiger partial charge is 0.224 e. The van der Waals surface area contributed by atoms with Gasteiger partial charge >= 0.3 is 0 Å². The van der Waals surface area contributed by atoms with Gasteiger partial charge in [0.05, 0.1) is 27.4 Å². The van der Waals surface area contributed by atoms with Gasteiger partial charge in [-0.05, 0) is 54.4 Å². The fourth-order valence-corrected chi connectivity index (χ4v) is 4.10. The third-order valence-corrected chi connectivity index (χ3v) is 5.92. The molecule has 1 aromatic heterocycles. The molecule has 1 amide bonds. The van der Waals surface area contributed by atoms with Gasteiger partial charge in [0, 0.05) is 55.4 Å². The summed E-state index contributed by atoms with van der Waals surface area (Å²) in [6.07, 6.45) is 3.06. The molecule has 0 spiro atoms. The first-order valence-corrected chi connectivity index (χ1v) is 11.1. The van der Waals surface area contributed by atoms with Crippen LogP contribution >= 0.6 is 0 Å². The predicted molar refractivity (Wildman–Crippen MR) is 126 cm³/mol. The molecule has 0 unspecified atom stereocenters. The normalized spacial score (nSPS) is 14.4. The molecular formula is C25H31N3O4. The Labute approximate surface area is 188 Å². The number of nitrogens with one attached hydrogen (secondary N) is 1. The zero-order valence-corrected chi connectivity index (χ0v) is 18.8. The zero-order chi connectivity index (χ0) is 22.3. The van der Waals surface area contributed by atoms with E-state index in [9.17, 15) is 4.79 Å². The number of rotatable bonds is 9. The molecule has 0 radical (unpaired) electrons. The van der Waals surface area contributed by atoms with Crippen molar-refractivity contribution < 1.29 is 19.0 Å². The van der Waals surface area contributed by atoms with Crippen molar-refractivity contribution in [3.8, 4) is 11.5 Å². The first kappa shape index (κ1) is 22.2. The Morgan fingerprint density at radius 3 is 2.66 bits per heavy atom. The number of amides is 1. The Hall–Kier alpha value is -3.03. The second kappa shape index (κ2) is 10.5. The lowest BCUT2D eigenvalue weighted by Gasteiger charge is -2.26. The van der Waals surface area contributed by atoms with Crippen LogP contribution in [0.25, 0.3) is 10.9 Å². The highest BCUT2D eigenvalue weighted by atomic mass is 16.5. The van der Waals surface area contributed by atoms with E-state index in [2.05, 4.69) is 33.1 Å². The van der Waals surface area contributed by atoms with E-state index in [1.165, 1.54) is 5.52 Å². The van der Waals surface area contributed by atoms with Crippen molar-refractivity contribution in [2.24, 2.45) is 0 Å². The van der Waals surface area contributed by atoms with E-state index in [0.717, 1.165) is 67.5 Å². The molecule has 0 aliphatic carbocycles. The molecule has 2 aromatic carbocycles. The topological polar surface area (TPSA) is 65.0 Å². The quantitative estimate of drug-likeness (QED) is 0.555. The van der Waals surface area contributed by atoms with Crippen molar-refractivity contribution in [1.29, 1.82) is 0 Å². The van der Waals surface area contributed by atoms with Crippen LogP contribution in [0.2, 0.25) is 0 Å². The van der Waals surface area contributed by atoms with Crippen LogP contribution in [0.1, 0.15) is 12.0 Å². The molecule has 0 bridgehead atoms. The van der Waals surface area contributed by atoms with Crippen LogP contribution in [0, 0.1) is 0 Å². The van der Waals surface area contributed by atoms with Gasteiger partial charge in [-0.2, -0.15) is 0 Å². The molecule has 1 N–H and O–H groups in total. The lowest BCUT2D eigenvalue weighted by atomic mass is 10.1. The minimum absolute atomic E-state index is 0.0269. The summed E-state index contributed by atoms with van der Waals surface area (Å²) in [6.45, 7) is 5.59. The zero-order valence-electron chi connectivity index (χ0n) is 18.8. The molecule has 7 nitrogen and oxygen atoms in total. The van der Waals surface area contributed by atoms with E-state index in [1.54, 1.807) is 14.2 Å². The van der Waals surface area contributed by atoms with Crippen molar-refractivity contribution in [2.75, 3.05) is 52.4 Å². The largest absolute Gasteiger partial charge is 0.497 e. The van der Waals surface area contributed by atoms with Crippen LogP contribution in [-0.2, 0) is 22.5 Å². The molecule has 0 atom stereocenters. The van der Waals surface area contributed by atoms with Crippen molar-refractivity contribution in [3.63, 3.8) is 0 Å². The molecule has 1 aliphatic heterocycles. The van der Waals surface area contributed by atoms with Gasteiger partial charge in [-0.15, -0.1) is 0 Å². The van der Waals surface area contributed by atoms with Crippen LogP contribution in [0.15, 0.2) is 48.7 Å². The van der Waals surface area contributed by atoms with Gasteiger partial charge in [0.1, 0.15) is 11.5 Å². The molecule has 170 valence electrons. The lowest BCUT2D eigenvalue weighted by Crippen LogP contribution is -2.38. The number of anilines is 1. The van der Waals surface area contributed by atoms with E-state index >= 15 is 0 Å². The van der Waals surface area contributed by atoms with Gasteiger partial charge in [0.15, 0.2) is 0 Å². The molecule has 4 rings (SSSR count). The standard InChI is InChI=1S/C25H31N3O4/c1-30-22-5-7-24(31-2)20(18-22)3-8-25(29)26-21-4-6-23-19(17-21)9-10-28(23)12-11-27-13-15-32-16-14-27/h4-7,9-10,17-18H,3,8,11-16H2,1-2H3,(H,26,29). The molecule has 3 aromatic rings. The van der Waals surface area contributed by atoms with Crippen LogP contribution in [0.3, 0.4) is 0 Å². The highest BCUT2D eigenvalue weighted by Crippen LogP contribution is 2.26. The summed E-state index contributed by atoms with van der Waals surface area (Å²) in [5, 5.41) is 4.15. The van der Waals surface area contributed by atoms with Crippen LogP contribution < -0.4 is 14.8 Å². The summed E-state index contributed by atoms with van der Waals surface area (Å²) in [4.78, 5) is 15.0. The maximum Gasteiger partial charge on any atom is 0.224 e. The molecule has 32 heavy (non-hydrogen) atoms. The fourth-order valence-electron chi connectivity index (χ4n) is 4.10. The number of hydrogen-bond acceptors (Lipinski definition) is 5. The van der Waals surface area contributed by atoms with Crippen LogP contribution in [0.5, 0.6) is 11.5 Å². The lowest BCUT2D eigenvalue weighted by molar-refractivity contribution is -0.116. The minimum Gasteiger partial charge on any atom is -0.497 e.